The molecule has 0 radical (unpaired) electrons. The summed E-state index contributed by atoms with van der Waals surface area (Å²) >= 11 is 0. The molecule has 8 aromatic rings. The van der Waals surface area contributed by atoms with Crippen LogP contribution in [0.15, 0.2) is 99.8 Å². The molecule has 0 saturated carbocycles. The Bertz CT molecular complexity index is 2810. The van der Waals surface area contributed by atoms with Crippen LogP contribution in [0.4, 0.5) is 17.3 Å². The normalized spacial score (nSPS) is 14.3. The molecule has 0 fully saturated rings. The Morgan fingerprint density at radius 1 is 0.538 bits per heavy atom. The van der Waals surface area contributed by atoms with E-state index < -0.39 is 0 Å². The number of hydrogen-bond donors (Lipinski definition) is 0. The first-order valence-electron chi connectivity index (χ1n) is 18.7. The van der Waals surface area contributed by atoms with E-state index in [1.165, 1.54) is 66.3 Å². The highest BCUT2D eigenvalue weighted by Gasteiger charge is 2.46. The van der Waals surface area contributed by atoms with Crippen molar-refractivity contribution >= 4 is 84.3 Å². The average molecular weight is 681 g/mol. The molecule has 5 aromatic carbocycles. The number of furan rings is 2. The lowest BCUT2D eigenvalue weighted by Crippen LogP contribution is -2.60. The van der Waals surface area contributed by atoms with E-state index in [-0.39, 0.29) is 23.0 Å². The molecule has 10 rings (SSSR count). The van der Waals surface area contributed by atoms with E-state index in [1.807, 2.05) is 0 Å². The fourth-order valence-electron chi connectivity index (χ4n) is 8.89. The average Bonchev–Trinajstić information content (AvgIpc) is 3.74. The third kappa shape index (κ3) is 4.22. The van der Waals surface area contributed by atoms with Gasteiger partial charge in [-0.1, -0.05) is 98.7 Å². The van der Waals surface area contributed by atoms with Gasteiger partial charge in [-0.05, 0) is 111 Å². The van der Waals surface area contributed by atoms with Gasteiger partial charge in [0.2, 0.25) is 5.88 Å². The van der Waals surface area contributed by atoms with Gasteiger partial charge in [0.15, 0.2) is 5.58 Å². The van der Waals surface area contributed by atoms with Gasteiger partial charge < -0.3 is 13.4 Å². The van der Waals surface area contributed by atoms with E-state index in [9.17, 15) is 0 Å². The molecule has 0 N–H and O–H groups in total. The summed E-state index contributed by atoms with van der Waals surface area (Å²) in [5.41, 5.74) is 17.6. The SMILES string of the molecule is Cc1cc2c3c(c1)-n1c4c(cc(C(C)(C)C)cc4c4oc5ccccc5c41)B3c1c(oc3ccc(C(C)(C)C)cc13)N2c1ccc(C(C)(C)C)cc1. The zero-order chi connectivity index (χ0) is 36.2. The van der Waals surface area contributed by atoms with Crippen LogP contribution in [-0.4, -0.2) is 11.3 Å². The fourth-order valence-corrected chi connectivity index (χ4v) is 8.89. The van der Waals surface area contributed by atoms with Crippen LogP contribution in [0.25, 0.3) is 49.6 Å². The molecule has 258 valence electrons. The zero-order valence-corrected chi connectivity index (χ0v) is 31.9. The van der Waals surface area contributed by atoms with Gasteiger partial charge in [0.25, 0.3) is 6.71 Å². The topological polar surface area (TPSA) is 34.5 Å². The number of fused-ring (bicyclic) bond motifs is 11. The minimum atomic E-state index is -0.0717. The first-order chi connectivity index (χ1) is 24.6. The van der Waals surface area contributed by atoms with Gasteiger partial charge in [0.05, 0.1) is 5.52 Å². The molecule has 52 heavy (non-hydrogen) atoms. The molecule has 5 heteroatoms. The van der Waals surface area contributed by atoms with E-state index in [1.54, 1.807) is 0 Å². The number of aryl methyl sites for hydroxylation is 1. The molecule has 5 heterocycles. The van der Waals surface area contributed by atoms with Gasteiger partial charge in [-0.25, -0.2) is 0 Å². The third-order valence-electron chi connectivity index (χ3n) is 11.7. The van der Waals surface area contributed by atoms with Crippen LogP contribution < -0.4 is 21.3 Å². The minimum absolute atomic E-state index is 0.0120. The Kier molecular flexibility index (Phi) is 6.09. The summed E-state index contributed by atoms with van der Waals surface area (Å²) < 4.78 is 16.4. The number of nitrogens with zero attached hydrogens (tertiary/aromatic N) is 2. The van der Waals surface area contributed by atoms with Crippen LogP contribution in [0.1, 0.15) is 84.6 Å². The molecule has 3 aromatic heterocycles. The van der Waals surface area contributed by atoms with Crippen LogP contribution in [-0.2, 0) is 16.2 Å². The number of anilines is 3. The number of benzene rings is 5. The minimum Gasteiger partial charge on any atom is -0.454 e. The van der Waals surface area contributed by atoms with Crippen molar-refractivity contribution in [1.82, 2.24) is 4.57 Å². The summed E-state index contributed by atoms with van der Waals surface area (Å²) in [6.45, 7) is 22.8. The zero-order valence-electron chi connectivity index (χ0n) is 31.9. The van der Waals surface area contributed by atoms with Crippen molar-refractivity contribution in [1.29, 1.82) is 0 Å². The Morgan fingerprint density at radius 3 is 1.88 bits per heavy atom. The van der Waals surface area contributed by atoms with E-state index in [4.69, 9.17) is 8.83 Å². The summed E-state index contributed by atoms with van der Waals surface area (Å²) in [5, 5.41) is 3.50. The molecule has 0 spiro atoms. The maximum absolute atomic E-state index is 7.10. The molecule has 2 aliphatic heterocycles. The molecular weight excluding hydrogens is 635 g/mol. The summed E-state index contributed by atoms with van der Waals surface area (Å²) in [6.07, 6.45) is 0. The maximum Gasteiger partial charge on any atom is 0.257 e. The molecule has 0 saturated heterocycles. The van der Waals surface area contributed by atoms with Crippen LogP contribution in [0.3, 0.4) is 0 Å². The van der Waals surface area contributed by atoms with Gasteiger partial charge in [-0.2, -0.15) is 0 Å². The monoisotopic (exact) mass is 680 g/mol. The predicted octanol–water partition coefficient (Wildman–Crippen LogP) is 11.1. The predicted molar refractivity (Wildman–Crippen MR) is 221 cm³/mol. The van der Waals surface area contributed by atoms with Crippen molar-refractivity contribution in [3.63, 3.8) is 0 Å². The summed E-state index contributed by atoms with van der Waals surface area (Å²) in [7, 11) is 0. The van der Waals surface area contributed by atoms with Crippen LogP contribution in [0.5, 0.6) is 0 Å². The maximum atomic E-state index is 7.10. The van der Waals surface area contributed by atoms with Crippen molar-refractivity contribution in [2.75, 3.05) is 4.90 Å². The highest BCUT2D eigenvalue weighted by molar-refractivity contribution is 7.01. The largest absolute Gasteiger partial charge is 0.454 e. The highest BCUT2D eigenvalue weighted by atomic mass is 16.4. The number of aromatic nitrogens is 1. The molecule has 0 aliphatic carbocycles. The van der Waals surface area contributed by atoms with Crippen molar-refractivity contribution in [3.8, 4) is 5.69 Å². The van der Waals surface area contributed by atoms with Crippen molar-refractivity contribution in [2.24, 2.45) is 0 Å². The smallest absolute Gasteiger partial charge is 0.257 e. The second kappa shape index (κ2) is 10.0. The highest BCUT2D eigenvalue weighted by Crippen LogP contribution is 2.47. The van der Waals surface area contributed by atoms with Gasteiger partial charge in [0, 0.05) is 38.7 Å². The summed E-state index contributed by atoms with van der Waals surface area (Å²) in [6, 6.07) is 34.1. The van der Waals surface area contributed by atoms with E-state index in [0.717, 1.165) is 39.2 Å². The first kappa shape index (κ1) is 31.6. The Labute approximate surface area is 306 Å². The Balaban J connectivity index is 1.40. The van der Waals surface area contributed by atoms with Crippen LogP contribution in [0, 0.1) is 6.92 Å². The standard InChI is InChI=1S/C47H45BN2O2/c1-26-21-35-40-36(22-26)50-41-33(43-42(50)31-13-11-12-14-37(31)51-43)24-29(47(8,9)10)25-34(41)48(40)39-32-23-28(46(5,6)7)17-20-38(32)52-44(39)49(35)30-18-15-27(16-19-30)45(2,3)4/h11-25H,1-10H3. The lowest BCUT2D eigenvalue weighted by Gasteiger charge is -2.38. The number of hydrogen-bond acceptors (Lipinski definition) is 3. The lowest BCUT2D eigenvalue weighted by atomic mass is 9.33. The molecular formula is C47H45BN2O2. The Hall–Kier alpha value is -5.16. The van der Waals surface area contributed by atoms with Crippen LogP contribution >= 0.6 is 0 Å². The first-order valence-corrected chi connectivity index (χ1v) is 18.7. The lowest BCUT2D eigenvalue weighted by molar-refractivity contribution is 0.589. The van der Waals surface area contributed by atoms with Crippen molar-refractivity contribution in [3.05, 3.63) is 113 Å². The van der Waals surface area contributed by atoms with Gasteiger partial charge in [-0.15, -0.1) is 0 Å². The second-order valence-electron chi connectivity index (χ2n) is 18.4. The van der Waals surface area contributed by atoms with E-state index in [2.05, 4.69) is 170 Å². The number of para-hydroxylation sites is 1. The molecule has 0 amide bonds. The van der Waals surface area contributed by atoms with Gasteiger partial charge >= 0.3 is 0 Å². The van der Waals surface area contributed by atoms with Gasteiger partial charge in [0.1, 0.15) is 16.7 Å². The Morgan fingerprint density at radius 2 is 1.17 bits per heavy atom. The molecule has 0 bridgehead atoms. The van der Waals surface area contributed by atoms with Crippen molar-refractivity contribution in [2.45, 2.75) is 85.5 Å². The van der Waals surface area contributed by atoms with E-state index in [0.29, 0.717) is 0 Å². The second-order valence-corrected chi connectivity index (χ2v) is 18.4. The van der Waals surface area contributed by atoms with Crippen LogP contribution in [0.2, 0.25) is 0 Å². The summed E-state index contributed by atoms with van der Waals surface area (Å²) in [5.74, 6) is 0.905. The molecule has 0 unspecified atom stereocenters. The third-order valence-corrected chi connectivity index (χ3v) is 11.7. The molecule has 2 aliphatic rings. The van der Waals surface area contributed by atoms with E-state index >= 15 is 0 Å². The van der Waals surface area contributed by atoms with Gasteiger partial charge in [-0.3, -0.25) is 4.90 Å². The quantitative estimate of drug-likeness (QED) is 0.162. The summed E-state index contributed by atoms with van der Waals surface area (Å²) in [4.78, 5) is 2.39. The number of rotatable bonds is 1. The fraction of sp³-hybridized carbons (Fsp3) is 0.277. The van der Waals surface area contributed by atoms with Crippen molar-refractivity contribution < 1.29 is 8.83 Å². The molecule has 4 nitrogen and oxygen atoms in total. The molecule has 0 atom stereocenters.